The number of hydrogen-bond acceptors (Lipinski definition) is 2. The van der Waals surface area contributed by atoms with Gasteiger partial charge in [0.25, 0.3) is 0 Å². The van der Waals surface area contributed by atoms with E-state index in [2.05, 4.69) is 39.0 Å². The average molecular weight is 479 g/mol. The van der Waals surface area contributed by atoms with Crippen molar-refractivity contribution in [1.82, 2.24) is 0 Å². The van der Waals surface area contributed by atoms with E-state index in [0.29, 0.717) is 12.2 Å². The number of halogens is 1. The van der Waals surface area contributed by atoms with Gasteiger partial charge < -0.3 is 33.2 Å². The molecular formula is C23H30INO2. The number of esters is 1. The fourth-order valence-corrected chi connectivity index (χ4v) is 3.05. The van der Waals surface area contributed by atoms with Crippen LogP contribution in [0.4, 0.5) is 0 Å². The van der Waals surface area contributed by atoms with Crippen LogP contribution in [0.25, 0.3) is 12.2 Å². The molecule has 0 spiro atoms. The summed E-state index contributed by atoms with van der Waals surface area (Å²) in [6, 6.07) is 17.7. The summed E-state index contributed by atoms with van der Waals surface area (Å²) < 4.78 is 6.47. The summed E-state index contributed by atoms with van der Waals surface area (Å²) in [5, 5.41) is 0. The number of carbonyl (C=O) groups is 1. The van der Waals surface area contributed by atoms with E-state index >= 15 is 0 Å². The summed E-state index contributed by atoms with van der Waals surface area (Å²) in [5.41, 5.74) is 2.81. The number of nitrogens with zero attached hydrogens (tertiary/aromatic N) is 1. The van der Waals surface area contributed by atoms with E-state index in [9.17, 15) is 4.79 Å². The van der Waals surface area contributed by atoms with Crippen LogP contribution in [0.15, 0.2) is 54.6 Å². The fraction of sp³-hybridized carbons (Fsp3) is 0.348. The first-order valence-corrected chi connectivity index (χ1v) is 9.48. The maximum absolute atomic E-state index is 12.2. The molecule has 0 saturated carbocycles. The standard InChI is InChI=1S/C23H30NO2.HI/c1-4-24(5-2,6-3)18-19-26-23(25)22-16-14-21(15-17-22)13-12-20-10-8-7-9-11-20;/h7-17H,4-6,18-19H2,1-3H3;1H/q+1;/p-1. The molecule has 0 aromatic heterocycles. The number of likely N-dealkylation sites (N-methyl/N-ethyl adjacent to an activating group) is 1. The first kappa shape index (κ1) is 23.4. The predicted octanol–water partition coefficient (Wildman–Crippen LogP) is 1.89. The minimum Gasteiger partial charge on any atom is -1.00 e. The molecule has 146 valence electrons. The van der Waals surface area contributed by atoms with Crippen molar-refractivity contribution in [3.8, 4) is 0 Å². The second-order valence-electron chi connectivity index (χ2n) is 6.52. The number of quaternary nitrogens is 1. The van der Waals surface area contributed by atoms with Crippen molar-refractivity contribution in [2.45, 2.75) is 20.8 Å². The maximum Gasteiger partial charge on any atom is 0.338 e. The van der Waals surface area contributed by atoms with E-state index in [4.69, 9.17) is 4.74 Å². The monoisotopic (exact) mass is 479 g/mol. The van der Waals surface area contributed by atoms with Gasteiger partial charge in [0.15, 0.2) is 0 Å². The summed E-state index contributed by atoms with van der Waals surface area (Å²) in [5.74, 6) is -0.245. The molecule has 0 fully saturated rings. The van der Waals surface area contributed by atoms with E-state index < -0.39 is 0 Å². The SMILES string of the molecule is CC[N+](CC)(CC)CCOC(=O)c1ccc(C=Cc2ccccc2)cc1.[I-]. The molecule has 4 heteroatoms. The van der Waals surface area contributed by atoms with E-state index in [1.807, 2.05) is 48.5 Å². The fourth-order valence-electron chi connectivity index (χ4n) is 3.05. The molecular weight excluding hydrogens is 449 g/mol. The van der Waals surface area contributed by atoms with Crippen molar-refractivity contribution in [3.63, 3.8) is 0 Å². The molecule has 0 atom stereocenters. The minimum atomic E-state index is -0.245. The Labute approximate surface area is 180 Å². The number of hydrogen-bond donors (Lipinski definition) is 0. The summed E-state index contributed by atoms with van der Waals surface area (Å²) in [7, 11) is 0. The van der Waals surface area contributed by atoms with Gasteiger partial charge in [0, 0.05) is 0 Å². The molecule has 2 aromatic rings. The molecule has 0 aliphatic carbocycles. The topological polar surface area (TPSA) is 26.3 Å². The van der Waals surface area contributed by atoms with Crippen molar-refractivity contribution < 1.29 is 38.0 Å². The van der Waals surface area contributed by atoms with Crippen LogP contribution < -0.4 is 24.0 Å². The lowest BCUT2D eigenvalue weighted by molar-refractivity contribution is -0.923. The van der Waals surface area contributed by atoms with Gasteiger partial charge in [-0.3, -0.25) is 0 Å². The second kappa shape index (κ2) is 11.9. The third-order valence-electron chi connectivity index (χ3n) is 5.23. The van der Waals surface area contributed by atoms with Crippen molar-refractivity contribution in [3.05, 3.63) is 71.3 Å². The van der Waals surface area contributed by atoms with E-state index in [-0.39, 0.29) is 29.9 Å². The Balaban J connectivity index is 0.00000364. The lowest BCUT2D eigenvalue weighted by Gasteiger charge is -2.35. The highest BCUT2D eigenvalue weighted by Crippen LogP contribution is 2.11. The third kappa shape index (κ3) is 7.11. The van der Waals surface area contributed by atoms with Gasteiger partial charge in [0.2, 0.25) is 0 Å². The van der Waals surface area contributed by atoms with Crippen LogP contribution in [0.5, 0.6) is 0 Å². The smallest absolute Gasteiger partial charge is 0.338 e. The molecule has 0 bridgehead atoms. The predicted molar refractivity (Wildman–Crippen MR) is 109 cm³/mol. The van der Waals surface area contributed by atoms with Crippen LogP contribution in [-0.4, -0.2) is 43.2 Å². The van der Waals surface area contributed by atoms with Crippen molar-refractivity contribution in [1.29, 1.82) is 0 Å². The summed E-state index contributed by atoms with van der Waals surface area (Å²) in [6.07, 6.45) is 4.10. The largest absolute Gasteiger partial charge is 1.00 e. The molecule has 3 nitrogen and oxygen atoms in total. The molecule has 0 radical (unpaired) electrons. The van der Waals surface area contributed by atoms with Gasteiger partial charge in [0.1, 0.15) is 13.2 Å². The molecule has 0 aliphatic rings. The van der Waals surface area contributed by atoms with Crippen LogP contribution in [0.2, 0.25) is 0 Å². The van der Waals surface area contributed by atoms with Gasteiger partial charge in [0.05, 0.1) is 25.2 Å². The normalized spacial score (nSPS) is 11.2. The first-order chi connectivity index (χ1) is 12.6. The summed E-state index contributed by atoms with van der Waals surface area (Å²) in [4.78, 5) is 12.2. The zero-order chi connectivity index (χ0) is 18.8. The van der Waals surface area contributed by atoms with Gasteiger partial charge >= 0.3 is 5.97 Å². The van der Waals surface area contributed by atoms with Gasteiger partial charge in [-0.2, -0.15) is 0 Å². The molecule has 0 N–H and O–H groups in total. The lowest BCUT2D eigenvalue weighted by Crippen LogP contribution is -3.00. The summed E-state index contributed by atoms with van der Waals surface area (Å²) >= 11 is 0. The highest BCUT2D eigenvalue weighted by Gasteiger charge is 2.21. The second-order valence-corrected chi connectivity index (χ2v) is 6.52. The van der Waals surface area contributed by atoms with Crippen molar-refractivity contribution >= 4 is 18.1 Å². The van der Waals surface area contributed by atoms with Crippen LogP contribution >= 0.6 is 0 Å². The van der Waals surface area contributed by atoms with Crippen LogP contribution in [-0.2, 0) is 4.74 Å². The number of rotatable bonds is 9. The Kier molecular flexibility index (Phi) is 10.3. The molecule has 0 heterocycles. The highest BCUT2D eigenvalue weighted by molar-refractivity contribution is 5.89. The Morgan fingerprint density at radius 1 is 0.852 bits per heavy atom. The molecule has 2 aromatic carbocycles. The van der Waals surface area contributed by atoms with Gasteiger partial charge in [-0.1, -0.05) is 54.6 Å². The highest BCUT2D eigenvalue weighted by atomic mass is 127. The van der Waals surface area contributed by atoms with Gasteiger partial charge in [-0.15, -0.1) is 0 Å². The Morgan fingerprint density at radius 3 is 1.89 bits per heavy atom. The summed E-state index contributed by atoms with van der Waals surface area (Å²) in [6.45, 7) is 11.1. The average Bonchev–Trinajstić information content (AvgIpc) is 2.71. The Bertz CT molecular complexity index is 699. The first-order valence-electron chi connectivity index (χ1n) is 9.48. The molecule has 27 heavy (non-hydrogen) atoms. The number of benzene rings is 2. The Hall–Kier alpha value is -1.66. The number of ether oxygens (including phenoxy) is 1. The molecule has 0 aliphatic heterocycles. The third-order valence-corrected chi connectivity index (χ3v) is 5.23. The number of carbonyl (C=O) groups excluding carboxylic acids is 1. The molecule has 0 saturated heterocycles. The van der Waals surface area contributed by atoms with Crippen LogP contribution in [0, 0.1) is 0 Å². The molecule has 2 rings (SSSR count). The van der Waals surface area contributed by atoms with Crippen LogP contribution in [0.1, 0.15) is 42.3 Å². The molecule has 0 amide bonds. The van der Waals surface area contributed by atoms with E-state index in [1.165, 1.54) is 0 Å². The van der Waals surface area contributed by atoms with Crippen LogP contribution in [0.3, 0.4) is 0 Å². The minimum absolute atomic E-state index is 0. The van der Waals surface area contributed by atoms with Gasteiger partial charge in [-0.25, -0.2) is 4.79 Å². The van der Waals surface area contributed by atoms with E-state index in [1.54, 1.807) is 0 Å². The maximum atomic E-state index is 12.2. The zero-order valence-electron chi connectivity index (χ0n) is 16.5. The molecule has 0 unspecified atom stereocenters. The lowest BCUT2D eigenvalue weighted by atomic mass is 10.1. The van der Waals surface area contributed by atoms with Crippen molar-refractivity contribution in [2.75, 3.05) is 32.8 Å². The zero-order valence-corrected chi connectivity index (χ0v) is 18.7. The quantitative estimate of drug-likeness (QED) is 0.238. The van der Waals surface area contributed by atoms with Crippen molar-refractivity contribution in [2.24, 2.45) is 0 Å². The van der Waals surface area contributed by atoms with E-state index in [0.717, 1.165) is 41.8 Å². The van der Waals surface area contributed by atoms with Gasteiger partial charge in [-0.05, 0) is 44.0 Å². The Morgan fingerprint density at radius 2 is 1.37 bits per heavy atom.